The SMILES string of the molecule is [C-]#[N+]c1ccc(CC(N)C(=O)N(C)[C@H](C(=O)N(C)C(Cc2ccc(O)c(C(C)(C)C)c2)C(N)=O)C(C)C)cc1. The van der Waals surface area contributed by atoms with E-state index in [1.807, 2.05) is 40.7 Å². The molecule has 3 atom stereocenters. The molecule has 0 bridgehead atoms. The van der Waals surface area contributed by atoms with Gasteiger partial charge >= 0.3 is 0 Å². The Labute approximate surface area is 231 Å². The summed E-state index contributed by atoms with van der Waals surface area (Å²) in [6.45, 7) is 16.6. The zero-order chi connectivity index (χ0) is 29.7. The van der Waals surface area contributed by atoms with Crippen LogP contribution >= 0.6 is 0 Å². The van der Waals surface area contributed by atoms with E-state index in [2.05, 4.69) is 4.85 Å². The standard InChI is InChI=1S/C30H41N5O4/c1-18(2)26(35(8)28(38)23(31)16-19-9-12-21(33-6)13-10-19)29(39)34(7)24(27(32)37)17-20-11-14-25(36)22(15-20)30(3,4)5/h9-15,18,23-24,26,36H,16-17,31H2,1-5,7-8H3,(H2,32,37)/t23?,24?,26-/m0/s1. The first kappa shape index (κ1) is 31.3. The average molecular weight is 536 g/mol. The molecule has 0 aromatic heterocycles. The van der Waals surface area contributed by atoms with Gasteiger partial charge in [-0.3, -0.25) is 14.4 Å². The van der Waals surface area contributed by atoms with Gasteiger partial charge in [0.25, 0.3) is 0 Å². The average Bonchev–Trinajstić information content (AvgIpc) is 2.86. The number of likely N-dealkylation sites (N-methyl/N-ethyl adjacent to an activating group) is 2. The summed E-state index contributed by atoms with van der Waals surface area (Å²) in [5.41, 5.74) is 14.4. The number of aromatic hydroxyl groups is 1. The highest BCUT2D eigenvalue weighted by Gasteiger charge is 2.37. The number of phenolic OH excluding ortho intramolecular Hbond substituents is 1. The Kier molecular flexibility index (Phi) is 10.3. The molecule has 0 radical (unpaired) electrons. The first-order chi connectivity index (χ1) is 18.1. The quantitative estimate of drug-likeness (QED) is 0.402. The molecule has 3 amide bonds. The van der Waals surface area contributed by atoms with Crippen molar-refractivity contribution in [2.75, 3.05) is 14.1 Å². The third-order valence-electron chi connectivity index (χ3n) is 6.93. The molecular weight excluding hydrogens is 494 g/mol. The zero-order valence-corrected chi connectivity index (χ0v) is 23.9. The smallest absolute Gasteiger partial charge is 0.246 e. The summed E-state index contributed by atoms with van der Waals surface area (Å²) in [4.78, 5) is 45.5. The van der Waals surface area contributed by atoms with Gasteiger partial charge in [-0.1, -0.05) is 71.0 Å². The van der Waals surface area contributed by atoms with Crippen molar-refractivity contribution in [3.05, 3.63) is 70.6 Å². The van der Waals surface area contributed by atoms with Crippen LogP contribution in [0.5, 0.6) is 5.75 Å². The first-order valence-electron chi connectivity index (χ1n) is 13.0. The van der Waals surface area contributed by atoms with Crippen molar-refractivity contribution in [2.24, 2.45) is 17.4 Å². The van der Waals surface area contributed by atoms with E-state index in [4.69, 9.17) is 18.0 Å². The van der Waals surface area contributed by atoms with Crippen molar-refractivity contribution in [1.29, 1.82) is 0 Å². The van der Waals surface area contributed by atoms with E-state index in [0.717, 1.165) is 16.7 Å². The van der Waals surface area contributed by atoms with E-state index < -0.39 is 35.8 Å². The van der Waals surface area contributed by atoms with E-state index in [1.54, 1.807) is 36.4 Å². The first-order valence-corrected chi connectivity index (χ1v) is 13.0. The van der Waals surface area contributed by atoms with Crippen LogP contribution in [0.1, 0.15) is 51.3 Å². The number of rotatable bonds is 10. The normalized spacial score (nSPS) is 13.7. The highest BCUT2D eigenvalue weighted by Crippen LogP contribution is 2.31. The number of primary amides is 1. The summed E-state index contributed by atoms with van der Waals surface area (Å²) >= 11 is 0. The lowest BCUT2D eigenvalue weighted by atomic mass is 9.84. The van der Waals surface area contributed by atoms with Crippen LogP contribution in [0.2, 0.25) is 0 Å². The molecule has 2 aromatic carbocycles. The Balaban J connectivity index is 2.25. The molecule has 5 N–H and O–H groups in total. The number of amides is 3. The monoisotopic (exact) mass is 535 g/mol. The number of nitrogens with zero attached hydrogens (tertiary/aromatic N) is 3. The molecule has 2 aromatic rings. The second-order valence-corrected chi connectivity index (χ2v) is 11.4. The Morgan fingerprint density at radius 3 is 2.00 bits per heavy atom. The molecule has 0 saturated heterocycles. The molecule has 9 heteroatoms. The summed E-state index contributed by atoms with van der Waals surface area (Å²) in [5.74, 6) is -1.62. The lowest BCUT2D eigenvalue weighted by Gasteiger charge is -2.36. The van der Waals surface area contributed by atoms with Crippen molar-refractivity contribution < 1.29 is 19.5 Å². The molecule has 0 aliphatic heterocycles. The van der Waals surface area contributed by atoms with Crippen molar-refractivity contribution in [3.8, 4) is 5.75 Å². The molecule has 0 aliphatic rings. The Bertz CT molecular complexity index is 1230. The molecule has 0 spiro atoms. The van der Waals surface area contributed by atoms with Crippen molar-refractivity contribution in [3.63, 3.8) is 0 Å². The Morgan fingerprint density at radius 2 is 1.51 bits per heavy atom. The molecule has 210 valence electrons. The van der Waals surface area contributed by atoms with Crippen LogP contribution in [0.25, 0.3) is 4.85 Å². The van der Waals surface area contributed by atoms with Gasteiger partial charge in [-0.2, -0.15) is 0 Å². The van der Waals surface area contributed by atoms with Crippen molar-refractivity contribution >= 4 is 23.4 Å². The van der Waals surface area contributed by atoms with Gasteiger partial charge in [-0.15, -0.1) is 0 Å². The van der Waals surface area contributed by atoms with Gasteiger partial charge in [-0.25, -0.2) is 4.85 Å². The fourth-order valence-corrected chi connectivity index (χ4v) is 4.67. The maximum Gasteiger partial charge on any atom is 0.246 e. The molecule has 0 heterocycles. The van der Waals surface area contributed by atoms with Gasteiger partial charge < -0.3 is 26.4 Å². The van der Waals surface area contributed by atoms with Crippen LogP contribution in [0.3, 0.4) is 0 Å². The van der Waals surface area contributed by atoms with Crippen molar-refractivity contribution in [1.82, 2.24) is 9.80 Å². The molecule has 0 aliphatic carbocycles. The minimum Gasteiger partial charge on any atom is -0.508 e. The van der Waals surface area contributed by atoms with E-state index in [9.17, 15) is 19.5 Å². The molecule has 0 saturated carbocycles. The zero-order valence-electron chi connectivity index (χ0n) is 23.9. The van der Waals surface area contributed by atoms with Crippen LogP contribution in [-0.2, 0) is 32.6 Å². The van der Waals surface area contributed by atoms with Crippen LogP contribution in [0.4, 0.5) is 5.69 Å². The number of hydrogen-bond donors (Lipinski definition) is 3. The van der Waals surface area contributed by atoms with Gasteiger partial charge in [0.2, 0.25) is 17.7 Å². The van der Waals surface area contributed by atoms with Gasteiger partial charge in [0.1, 0.15) is 17.8 Å². The maximum absolute atomic E-state index is 13.7. The number of carbonyl (C=O) groups excluding carboxylic acids is 3. The van der Waals surface area contributed by atoms with Crippen LogP contribution in [0, 0.1) is 12.5 Å². The second kappa shape index (κ2) is 12.8. The molecular formula is C30H41N5O4. The third kappa shape index (κ3) is 7.80. The van der Waals surface area contributed by atoms with Crippen LogP contribution in [0.15, 0.2) is 42.5 Å². The van der Waals surface area contributed by atoms with E-state index >= 15 is 0 Å². The summed E-state index contributed by atoms with van der Waals surface area (Å²) in [6.07, 6.45) is 0.403. The predicted molar refractivity (Wildman–Crippen MR) is 152 cm³/mol. The number of benzene rings is 2. The van der Waals surface area contributed by atoms with Gasteiger partial charge in [0, 0.05) is 20.5 Å². The second-order valence-electron chi connectivity index (χ2n) is 11.4. The van der Waals surface area contributed by atoms with Gasteiger partial charge in [-0.05, 0) is 40.5 Å². The summed E-state index contributed by atoms with van der Waals surface area (Å²) in [7, 11) is 3.05. The summed E-state index contributed by atoms with van der Waals surface area (Å²) in [6, 6.07) is 9.22. The van der Waals surface area contributed by atoms with E-state index in [1.165, 1.54) is 23.9 Å². The fraction of sp³-hybridized carbons (Fsp3) is 0.467. The highest BCUT2D eigenvalue weighted by molar-refractivity contribution is 5.93. The number of hydrogen-bond acceptors (Lipinski definition) is 5. The molecule has 39 heavy (non-hydrogen) atoms. The lowest BCUT2D eigenvalue weighted by Crippen LogP contribution is -2.58. The topological polar surface area (TPSA) is 134 Å². The highest BCUT2D eigenvalue weighted by atomic mass is 16.3. The largest absolute Gasteiger partial charge is 0.508 e. The number of nitrogens with two attached hydrogens (primary N) is 2. The van der Waals surface area contributed by atoms with Crippen LogP contribution < -0.4 is 11.5 Å². The van der Waals surface area contributed by atoms with E-state index in [0.29, 0.717) is 5.69 Å². The summed E-state index contributed by atoms with van der Waals surface area (Å²) < 4.78 is 0. The Morgan fingerprint density at radius 1 is 0.949 bits per heavy atom. The minimum absolute atomic E-state index is 0.156. The number of phenols is 1. The van der Waals surface area contributed by atoms with Gasteiger partial charge in [0.05, 0.1) is 12.6 Å². The summed E-state index contributed by atoms with van der Waals surface area (Å²) in [5, 5.41) is 10.3. The molecule has 0 fully saturated rings. The Hall–Kier alpha value is -3.90. The minimum atomic E-state index is -0.964. The van der Waals surface area contributed by atoms with Gasteiger partial charge in [0.15, 0.2) is 5.69 Å². The maximum atomic E-state index is 13.7. The third-order valence-corrected chi connectivity index (χ3v) is 6.93. The lowest BCUT2D eigenvalue weighted by molar-refractivity contribution is -0.149. The fourth-order valence-electron chi connectivity index (χ4n) is 4.67. The van der Waals surface area contributed by atoms with Crippen LogP contribution in [-0.4, -0.2) is 64.8 Å². The predicted octanol–water partition coefficient (Wildman–Crippen LogP) is 3.15. The number of carbonyl (C=O) groups is 3. The molecule has 9 nitrogen and oxygen atoms in total. The van der Waals surface area contributed by atoms with E-state index in [-0.39, 0.29) is 29.9 Å². The molecule has 2 unspecified atom stereocenters. The van der Waals surface area contributed by atoms with Crippen molar-refractivity contribution in [2.45, 2.75) is 71.0 Å². The molecule has 2 rings (SSSR count).